The number of benzene rings is 1. The number of halogens is 1. The van der Waals surface area contributed by atoms with Gasteiger partial charge in [0.1, 0.15) is 9.84 Å². The fourth-order valence-corrected chi connectivity index (χ4v) is 3.94. The first-order valence-corrected chi connectivity index (χ1v) is 12.5. The summed E-state index contributed by atoms with van der Waals surface area (Å²) in [5, 5.41) is 6.88. The van der Waals surface area contributed by atoms with Crippen molar-refractivity contribution in [2.24, 2.45) is 4.99 Å². The number of likely N-dealkylation sites (tertiary alicyclic amines) is 1. The molecule has 2 N–H and O–H groups in total. The van der Waals surface area contributed by atoms with Crippen molar-refractivity contribution in [2.75, 3.05) is 44.7 Å². The summed E-state index contributed by atoms with van der Waals surface area (Å²) in [5.41, 5.74) is 2.68. The zero-order valence-electron chi connectivity index (χ0n) is 18.0. The highest BCUT2D eigenvalue weighted by Gasteiger charge is 2.20. The van der Waals surface area contributed by atoms with E-state index >= 15 is 0 Å². The van der Waals surface area contributed by atoms with Crippen molar-refractivity contribution < 1.29 is 8.42 Å². The van der Waals surface area contributed by atoms with Crippen LogP contribution in [0.2, 0.25) is 0 Å². The number of sulfone groups is 1. The number of nitrogens with one attached hydrogen (secondary N) is 2. The highest BCUT2D eigenvalue weighted by Crippen LogP contribution is 2.10. The van der Waals surface area contributed by atoms with E-state index in [1.54, 1.807) is 0 Å². The fourth-order valence-electron chi connectivity index (χ4n) is 3.35. The van der Waals surface area contributed by atoms with Crippen LogP contribution < -0.4 is 10.6 Å². The third kappa shape index (κ3) is 10.6. The lowest BCUT2D eigenvalue weighted by molar-refractivity contribution is 0.216. The Morgan fingerprint density at radius 3 is 2.31 bits per heavy atom. The van der Waals surface area contributed by atoms with E-state index in [-0.39, 0.29) is 29.7 Å². The Hall–Kier alpha value is -0.870. The zero-order valence-corrected chi connectivity index (χ0v) is 21.1. The van der Waals surface area contributed by atoms with Gasteiger partial charge in [-0.2, -0.15) is 0 Å². The molecule has 1 aromatic carbocycles. The van der Waals surface area contributed by atoms with Crippen LogP contribution in [0.5, 0.6) is 0 Å². The molecule has 0 unspecified atom stereocenters. The number of guanidine groups is 1. The quantitative estimate of drug-likeness (QED) is 0.288. The summed E-state index contributed by atoms with van der Waals surface area (Å²) in [6.45, 7) is 8.33. The lowest BCUT2D eigenvalue weighted by Crippen LogP contribution is -2.49. The minimum absolute atomic E-state index is 0. The molecule has 1 aliphatic heterocycles. The predicted molar refractivity (Wildman–Crippen MR) is 133 cm³/mol. The molecule has 2 rings (SSSR count). The van der Waals surface area contributed by atoms with Gasteiger partial charge in [-0.1, -0.05) is 31.2 Å². The van der Waals surface area contributed by atoms with E-state index in [0.29, 0.717) is 12.6 Å². The predicted octanol–water partition coefficient (Wildman–Crippen LogP) is 2.47. The van der Waals surface area contributed by atoms with Crippen molar-refractivity contribution in [2.45, 2.75) is 45.6 Å². The molecular formula is C21H37IN4O2S. The van der Waals surface area contributed by atoms with Gasteiger partial charge >= 0.3 is 0 Å². The molecule has 1 aliphatic rings. The van der Waals surface area contributed by atoms with Crippen LogP contribution in [-0.2, 0) is 22.7 Å². The number of aliphatic imine (C=N–C) groups is 1. The highest BCUT2D eigenvalue weighted by atomic mass is 127. The van der Waals surface area contributed by atoms with Crippen molar-refractivity contribution >= 4 is 39.8 Å². The first-order chi connectivity index (χ1) is 13.4. The second-order valence-electron chi connectivity index (χ2n) is 7.57. The second kappa shape index (κ2) is 13.4. The average molecular weight is 537 g/mol. The number of hydrogen-bond acceptors (Lipinski definition) is 4. The number of aryl methyl sites for hydroxylation is 1. The van der Waals surface area contributed by atoms with E-state index in [9.17, 15) is 8.42 Å². The van der Waals surface area contributed by atoms with Crippen molar-refractivity contribution in [3.63, 3.8) is 0 Å². The smallest absolute Gasteiger partial charge is 0.191 e. The zero-order chi connectivity index (χ0) is 20.4. The van der Waals surface area contributed by atoms with Crippen LogP contribution in [0.3, 0.4) is 0 Å². The molecule has 0 aromatic heterocycles. The first kappa shape index (κ1) is 26.2. The molecular weight excluding hydrogens is 499 g/mol. The Labute approximate surface area is 193 Å². The standard InChI is InChI=1S/C21H36N4O2S.HI/c1-4-18-6-8-19(9-7-18)10-13-23-21(22-5-2)24-20-11-14-25(15-12-20)16-17-28(3,26)27;/h6-9,20H,4-5,10-17H2,1-3H3,(H2,22,23,24);1H. The van der Waals surface area contributed by atoms with Gasteiger partial charge in [0.2, 0.25) is 0 Å². The Balaban J connectivity index is 0.00000420. The Morgan fingerprint density at radius 2 is 1.76 bits per heavy atom. The maximum atomic E-state index is 11.3. The van der Waals surface area contributed by atoms with Crippen molar-refractivity contribution in [1.29, 1.82) is 0 Å². The summed E-state index contributed by atoms with van der Waals surface area (Å²) < 4.78 is 22.7. The van der Waals surface area contributed by atoms with Crippen molar-refractivity contribution in [3.05, 3.63) is 35.4 Å². The summed E-state index contributed by atoms with van der Waals surface area (Å²) in [5.74, 6) is 1.12. The average Bonchev–Trinajstić information content (AvgIpc) is 2.67. The molecule has 29 heavy (non-hydrogen) atoms. The van der Waals surface area contributed by atoms with E-state index in [0.717, 1.165) is 57.8 Å². The normalized spacial score (nSPS) is 16.3. The van der Waals surface area contributed by atoms with Crippen LogP contribution >= 0.6 is 24.0 Å². The lowest BCUT2D eigenvalue weighted by Gasteiger charge is -2.32. The third-order valence-corrected chi connectivity index (χ3v) is 6.08. The van der Waals surface area contributed by atoms with E-state index in [2.05, 4.69) is 53.6 Å². The topological polar surface area (TPSA) is 73.8 Å². The molecule has 1 saturated heterocycles. The molecule has 0 aliphatic carbocycles. The van der Waals surface area contributed by atoms with Gasteiger partial charge in [-0.05, 0) is 43.7 Å². The second-order valence-corrected chi connectivity index (χ2v) is 9.83. The summed E-state index contributed by atoms with van der Waals surface area (Å²) >= 11 is 0. The molecule has 1 fully saturated rings. The largest absolute Gasteiger partial charge is 0.357 e. The summed E-state index contributed by atoms with van der Waals surface area (Å²) in [6.07, 6.45) is 5.32. The molecule has 166 valence electrons. The third-order valence-electron chi connectivity index (χ3n) is 5.15. The van der Waals surface area contributed by atoms with Crippen LogP contribution in [0.1, 0.15) is 37.8 Å². The summed E-state index contributed by atoms with van der Waals surface area (Å²) in [7, 11) is -2.89. The summed E-state index contributed by atoms with van der Waals surface area (Å²) in [4.78, 5) is 6.97. The fraction of sp³-hybridized carbons (Fsp3) is 0.667. The van der Waals surface area contributed by atoms with Gasteiger partial charge in [-0.15, -0.1) is 24.0 Å². The Kier molecular flexibility index (Phi) is 12.1. The first-order valence-electron chi connectivity index (χ1n) is 10.4. The number of rotatable bonds is 9. The number of nitrogens with zero attached hydrogens (tertiary/aromatic N) is 2. The van der Waals surface area contributed by atoms with Crippen LogP contribution in [0.15, 0.2) is 29.3 Å². The van der Waals surface area contributed by atoms with Gasteiger partial charge in [0.05, 0.1) is 5.75 Å². The van der Waals surface area contributed by atoms with Crippen LogP contribution in [0, 0.1) is 0 Å². The van der Waals surface area contributed by atoms with Gasteiger partial charge < -0.3 is 15.5 Å². The maximum absolute atomic E-state index is 11.3. The Bertz CT molecular complexity index is 715. The summed E-state index contributed by atoms with van der Waals surface area (Å²) in [6, 6.07) is 9.17. The van der Waals surface area contributed by atoms with Gasteiger partial charge in [-0.3, -0.25) is 4.99 Å². The van der Waals surface area contributed by atoms with Crippen LogP contribution in [-0.4, -0.2) is 70.1 Å². The molecule has 8 heteroatoms. The van der Waals surface area contributed by atoms with E-state index in [4.69, 9.17) is 4.99 Å². The SMILES string of the molecule is CCNC(=NCCc1ccc(CC)cc1)NC1CCN(CCS(C)(=O)=O)CC1.I. The monoisotopic (exact) mass is 536 g/mol. The molecule has 0 saturated carbocycles. The number of hydrogen-bond donors (Lipinski definition) is 2. The minimum Gasteiger partial charge on any atom is -0.357 e. The molecule has 0 spiro atoms. The molecule has 1 heterocycles. The Morgan fingerprint density at radius 1 is 1.14 bits per heavy atom. The van der Waals surface area contributed by atoms with Crippen molar-refractivity contribution in [3.8, 4) is 0 Å². The maximum Gasteiger partial charge on any atom is 0.191 e. The number of piperidine rings is 1. The molecule has 0 amide bonds. The molecule has 0 bridgehead atoms. The van der Waals surface area contributed by atoms with Gasteiger partial charge in [0.25, 0.3) is 0 Å². The lowest BCUT2D eigenvalue weighted by atomic mass is 10.1. The van der Waals surface area contributed by atoms with E-state index in [1.807, 2.05) is 0 Å². The van der Waals surface area contributed by atoms with Crippen molar-refractivity contribution in [1.82, 2.24) is 15.5 Å². The molecule has 1 aromatic rings. The molecule has 0 radical (unpaired) electrons. The van der Waals surface area contributed by atoms with E-state index in [1.165, 1.54) is 17.4 Å². The minimum atomic E-state index is -2.89. The van der Waals surface area contributed by atoms with E-state index < -0.39 is 9.84 Å². The molecule has 6 nitrogen and oxygen atoms in total. The van der Waals surface area contributed by atoms with Gasteiger partial charge in [0.15, 0.2) is 5.96 Å². The van der Waals surface area contributed by atoms with Crippen LogP contribution in [0.25, 0.3) is 0 Å². The highest BCUT2D eigenvalue weighted by molar-refractivity contribution is 14.0. The molecule has 0 atom stereocenters. The van der Waals surface area contributed by atoms with Gasteiger partial charge in [0, 0.05) is 45.0 Å². The van der Waals surface area contributed by atoms with Crippen LogP contribution in [0.4, 0.5) is 0 Å². The van der Waals surface area contributed by atoms with Gasteiger partial charge in [-0.25, -0.2) is 8.42 Å².